The molecule has 0 aliphatic carbocycles. The Hall–Kier alpha value is -3.05. The number of aryl methyl sites for hydroxylation is 1. The second-order valence-corrected chi connectivity index (χ2v) is 8.18. The number of aromatic nitrogens is 1. The third kappa shape index (κ3) is 3.34. The Labute approximate surface area is 158 Å². The van der Waals surface area contributed by atoms with Crippen molar-refractivity contribution in [1.29, 1.82) is 0 Å². The summed E-state index contributed by atoms with van der Waals surface area (Å²) in [5, 5.41) is 0.816. The number of hydrogen-bond acceptors (Lipinski definition) is 3. The van der Waals surface area contributed by atoms with Crippen LogP contribution >= 0.6 is 0 Å². The molecule has 0 atom stereocenters. The summed E-state index contributed by atoms with van der Waals surface area (Å²) in [4.78, 5) is 0.235. The summed E-state index contributed by atoms with van der Waals surface area (Å²) >= 11 is 0. The third-order valence-corrected chi connectivity index (χ3v) is 6.15. The van der Waals surface area contributed by atoms with Gasteiger partial charge in [0.1, 0.15) is 6.61 Å². The van der Waals surface area contributed by atoms with Gasteiger partial charge in [0.05, 0.1) is 10.4 Å². The molecule has 0 saturated heterocycles. The van der Waals surface area contributed by atoms with Crippen LogP contribution in [0.2, 0.25) is 0 Å². The van der Waals surface area contributed by atoms with Crippen LogP contribution in [0, 0.1) is 6.92 Å². The van der Waals surface area contributed by atoms with Crippen LogP contribution in [0.1, 0.15) is 11.1 Å². The van der Waals surface area contributed by atoms with Crippen molar-refractivity contribution in [2.75, 3.05) is 0 Å². The van der Waals surface area contributed by atoms with Gasteiger partial charge in [0.25, 0.3) is 10.0 Å². The van der Waals surface area contributed by atoms with Crippen LogP contribution in [0.5, 0.6) is 5.88 Å². The molecule has 27 heavy (non-hydrogen) atoms. The predicted octanol–water partition coefficient (Wildman–Crippen LogP) is 4.77. The largest absolute Gasteiger partial charge is 0.473 e. The van der Waals surface area contributed by atoms with E-state index < -0.39 is 10.0 Å². The molecule has 0 unspecified atom stereocenters. The number of ether oxygens (including phenoxy) is 1. The molecule has 5 heteroatoms. The van der Waals surface area contributed by atoms with E-state index in [4.69, 9.17) is 4.74 Å². The van der Waals surface area contributed by atoms with Crippen LogP contribution in [0.15, 0.2) is 89.8 Å². The molecule has 4 nitrogen and oxygen atoms in total. The van der Waals surface area contributed by atoms with E-state index >= 15 is 0 Å². The summed E-state index contributed by atoms with van der Waals surface area (Å²) in [5.74, 6) is 0.306. The molecule has 0 N–H and O–H groups in total. The molecule has 0 radical (unpaired) electrons. The minimum atomic E-state index is -3.78. The molecule has 0 fully saturated rings. The summed E-state index contributed by atoms with van der Waals surface area (Å²) in [6.45, 7) is 2.22. The van der Waals surface area contributed by atoms with Crippen molar-refractivity contribution >= 4 is 20.9 Å². The fourth-order valence-corrected chi connectivity index (χ4v) is 4.46. The molecule has 4 rings (SSSR count). The smallest absolute Gasteiger partial charge is 0.271 e. The number of para-hydroxylation sites is 1. The molecule has 136 valence electrons. The third-order valence-electron chi connectivity index (χ3n) is 4.42. The molecule has 0 amide bonds. The monoisotopic (exact) mass is 377 g/mol. The molecule has 0 spiro atoms. The van der Waals surface area contributed by atoms with Crippen molar-refractivity contribution in [2.45, 2.75) is 18.4 Å². The molecular formula is C22H19NO3S. The molecule has 4 aromatic rings. The van der Waals surface area contributed by atoms with Crippen LogP contribution < -0.4 is 4.74 Å². The van der Waals surface area contributed by atoms with Crippen molar-refractivity contribution in [3.63, 3.8) is 0 Å². The van der Waals surface area contributed by atoms with E-state index in [9.17, 15) is 8.42 Å². The maximum atomic E-state index is 13.3. The first-order chi connectivity index (χ1) is 13.1. The van der Waals surface area contributed by atoms with E-state index in [-0.39, 0.29) is 4.90 Å². The molecule has 0 saturated carbocycles. The fourth-order valence-electron chi connectivity index (χ4n) is 3.00. The van der Waals surface area contributed by atoms with E-state index in [1.54, 1.807) is 36.4 Å². The van der Waals surface area contributed by atoms with Crippen LogP contribution in [0.3, 0.4) is 0 Å². The van der Waals surface area contributed by atoms with Crippen LogP contribution in [0.25, 0.3) is 10.9 Å². The predicted molar refractivity (Wildman–Crippen MR) is 106 cm³/mol. The number of rotatable bonds is 5. The van der Waals surface area contributed by atoms with E-state index in [1.807, 2.05) is 55.5 Å². The Morgan fingerprint density at radius 2 is 1.52 bits per heavy atom. The first kappa shape index (κ1) is 17.4. The van der Waals surface area contributed by atoms with Crippen LogP contribution in [0.4, 0.5) is 0 Å². The van der Waals surface area contributed by atoms with Gasteiger partial charge in [-0.3, -0.25) is 0 Å². The zero-order valence-electron chi connectivity index (χ0n) is 14.9. The zero-order chi connectivity index (χ0) is 18.9. The molecule has 0 bridgehead atoms. The fraction of sp³-hybridized carbons (Fsp3) is 0.0909. The first-order valence-electron chi connectivity index (χ1n) is 8.65. The zero-order valence-corrected chi connectivity index (χ0v) is 15.7. The van der Waals surface area contributed by atoms with Gasteiger partial charge in [-0.25, -0.2) is 12.4 Å². The van der Waals surface area contributed by atoms with Crippen LogP contribution in [-0.2, 0) is 16.6 Å². The minimum absolute atomic E-state index is 0.235. The average Bonchev–Trinajstić information content (AvgIpc) is 3.07. The van der Waals surface area contributed by atoms with E-state index in [0.29, 0.717) is 18.0 Å². The highest BCUT2D eigenvalue weighted by molar-refractivity contribution is 7.90. The van der Waals surface area contributed by atoms with Gasteiger partial charge >= 0.3 is 0 Å². The lowest BCUT2D eigenvalue weighted by atomic mass is 10.2. The normalized spacial score (nSPS) is 11.6. The maximum absolute atomic E-state index is 13.3. The van der Waals surface area contributed by atoms with Crippen molar-refractivity contribution in [3.8, 4) is 5.88 Å². The van der Waals surface area contributed by atoms with Gasteiger partial charge in [-0.1, -0.05) is 66.2 Å². The van der Waals surface area contributed by atoms with Gasteiger partial charge in [0.15, 0.2) is 0 Å². The molecule has 0 aliphatic rings. The highest BCUT2D eigenvalue weighted by atomic mass is 32.2. The second-order valence-electron chi connectivity index (χ2n) is 6.40. The van der Waals surface area contributed by atoms with E-state index in [2.05, 4.69) is 0 Å². The Bertz CT molecular complexity index is 1180. The van der Waals surface area contributed by atoms with Gasteiger partial charge < -0.3 is 4.74 Å². The molecule has 3 aromatic carbocycles. The molecular weight excluding hydrogens is 358 g/mol. The van der Waals surface area contributed by atoms with Crippen molar-refractivity contribution in [2.24, 2.45) is 0 Å². The minimum Gasteiger partial charge on any atom is -0.473 e. The van der Waals surface area contributed by atoms with Crippen LogP contribution in [-0.4, -0.2) is 12.4 Å². The molecule has 0 aliphatic heterocycles. The van der Waals surface area contributed by atoms with Gasteiger partial charge in [0, 0.05) is 11.5 Å². The van der Waals surface area contributed by atoms with E-state index in [1.165, 1.54) is 3.97 Å². The van der Waals surface area contributed by atoms with Gasteiger partial charge in [-0.05, 0) is 30.7 Å². The Kier molecular flexibility index (Phi) is 4.46. The van der Waals surface area contributed by atoms with E-state index in [0.717, 1.165) is 16.5 Å². The standard InChI is InChI=1S/C22H19NO3S/c1-17-11-13-20(14-12-17)27(24,25)23-21-10-6-5-9-19(21)15-22(23)26-16-18-7-3-2-4-8-18/h2-15H,16H2,1H3. The highest BCUT2D eigenvalue weighted by Crippen LogP contribution is 2.31. The van der Waals surface area contributed by atoms with Crippen molar-refractivity contribution in [3.05, 3.63) is 96.1 Å². The lowest BCUT2D eigenvalue weighted by Crippen LogP contribution is -2.14. The highest BCUT2D eigenvalue weighted by Gasteiger charge is 2.24. The van der Waals surface area contributed by atoms with Crippen molar-refractivity contribution < 1.29 is 13.2 Å². The quantitative estimate of drug-likeness (QED) is 0.503. The molecule has 1 heterocycles. The Morgan fingerprint density at radius 3 is 2.26 bits per heavy atom. The van der Waals surface area contributed by atoms with Crippen molar-refractivity contribution in [1.82, 2.24) is 3.97 Å². The average molecular weight is 377 g/mol. The summed E-state index contributed by atoms with van der Waals surface area (Å²) in [6.07, 6.45) is 0. The van der Waals surface area contributed by atoms with Gasteiger partial charge in [-0.15, -0.1) is 0 Å². The lowest BCUT2D eigenvalue weighted by Gasteiger charge is -2.13. The summed E-state index contributed by atoms with van der Waals surface area (Å²) in [5.41, 5.74) is 2.58. The number of fused-ring (bicyclic) bond motifs is 1. The Balaban J connectivity index is 1.81. The summed E-state index contributed by atoms with van der Waals surface area (Å²) < 4.78 is 33.9. The summed E-state index contributed by atoms with van der Waals surface area (Å²) in [7, 11) is -3.78. The summed E-state index contributed by atoms with van der Waals surface area (Å²) in [6, 6.07) is 25.7. The Morgan fingerprint density at radius 1 is 0.852 bits per heavy atom. The molecule has 1 aromatic heterocycles. The first-order valence-corrected chi connectivity index (χ1v) is 10.1. The number of benzene rings is 3. The topological polar surface area (TPSA) is 48.3 Å². The van der Waals surface area contributed by atoms with Gasteiger partial charge in [0.2, 0.25) is 5.88 Å². The number of hydrogen-bond donors (Lipinski definition) is 0. The number of nitrogens with zero attached hydrogens (tertiary/aromatic N) is 1. The SMILES string of the molecule is Cc1ccc(S(=O)(=O)n2c(OCc3ccccc3)cc3ccccc32)cc1. The van der Waals surface area contributed by atoms with Gasteiger partial charge in [-0.2, -0.15) is 0 Å². The second kappa shape index (κ2) is 6.93. The lowest BCUT2D eigenvalue weighted by molar-refractivity contribution is 0.292. The maximum Gasteiger partial charge on any atom is 0.271 e.